The Labute approximate surface area is 97.2 Å². The molecule has 0 N–H and O–H groups in total. The highest BCUT2D eigenvalue weighted by molar-refractivity contribution is 5.45. The van der Waals surface area contributed by atoms with Gasteiger partial charge in [-0.3, -0.25) is 0 Å². The quantitative estimate of drug-likeness (QED) is 0.530. The fourth-order valence-corrected chi connectivity index (χ4v) is 1.58. The van der Waals surface area contributed by atoms with Crippen LogP contribution in [0.1, 0.15) is 6.92 Å². The minimum atomic E-state index is -0.924. The summed E-state index contributed by atoms with van der Waals surface area (Å²) >= 11 is 0. The Bertz CT molecular complexity index is 504. The Balaban J connectivity index is 3.12. The molecule has 2 unspecified atom stereocenters. The zero-order valence-corrected chi connectivity index (χ0v) is 9.08. The Morgan fingerprint density at radius 2 is 2.06 bits per heavy atom. The van der Waals surface area contributed by atoms with E-state index < -0.39 is 5.54 Å². The van der Waals surface area contributed by atoms with Gasteiger partial charge in [0, 0.05) is 5.92 Å². The van der Waals surface area contributed by atoms with E-state index in [2.05, 4.69) is 15.0 Å². The number of carbonyl (C=O) groups excluding carboxylic acids is 3. The predicted molar refractivity (Wildman–Crippen MR) is 58.3 cm³/mol. The molecule has 6 heteroatoms. The molecule has 0 radical (unpaired) electrons. The number of allylic oxidation sites excluding steroid dienone is 1. The van der Waals surface area contributed by atoms with Gasteiger partial charge in [0.1, 0.15) is 0 Å². The Morgan fingerprint density at radius 3 is 2.65 bits per heavy atom. The van der Waals surface area contributed by atoms with Crippen molar-refractivity contribution in [3.63, 3.8) is 0 Å². The number of hydrogen-bond donors (Lipinski definition) is 0. The van der Waals surface area contributed by atoms with Crippen molar-refractivity contribution < 1.29 is 14.4 Å². The smallest absolute Gasteiger partial charge is 0.211 e. The van der Waals surface area contributed by atoms with E-state index in [-0.39, 0.29) is 12.5 Å². The number of rotatable bonds is 4. The van der Waals surface area contributed by atoms with E-state index in [4.69, 9.17) is 0 Å². The van der Waals surface area contributed by atoms with Gasteiger partial charge >= 0.3 is 0 Å². The summed E-state index contributed by atoms with van der Waals surface area (Å²) in [6, 6.07) is 0. The average molecular weight is 231 g/mol. The van der Waals surface area contributed by atoms with E-state index in [1.54, 1.807) is 19.1 Å². The highest BCUT2D eigenvalue weighted by Crippen LogP contribution is 2.31. The molecule has 0 aliphatic heterocycles. The third-order valence-electron chi connectivity index (χ3n) is 2.50. The molecular formula is C11H9N3O3. The minimum Gasteiger partial charge on any atom is -0.211 e. The highest BCUT2D eigenvalue weighted by Gasteiger charge is 2.33. The summed E-state index contributed by atoms with van der Waals surface area (Å²) in [4.78, 5) is 41.2. The minimum absolute atomic E-state index is 0.149. The van der Waals surface area contributed by atoms with Crippen molar-refractivity contribution in [2.75, 3.05) is 6.54 Å². The van der Waals surface area contributed by atoms with Gasteiger partial charge in [-0.15, -0.1) is 0 Å². The largest absolute Gasteiger partial charge is 0.240 e. The third kappa shape index (κ3) is 3.03. The molecule has 0 fully saturated rings. The number of isocyanates is 3. The van der Waals surface area contributed by atoms with Crippen molar-refractivity contribution in [1.29, 1.82) is 0 Å². The van der Waals surface area contributed by atoms with E-state index >= 15 is 0 Å². The van der Waals surface area contributed by atoms with Crippen LogP contribution in [-0.4, -0.2) is 30.3 Å². The molecule has 1 aliphatic rings. The van der Waals surface area contributed by atoms with Crippen LogP contribution in [0.4, 0.5) is 0 Å². The van der Waals surface area contributed by atoms with E-state index in [0.29, 0.717) is 5.70 Å². The van der Waals surface area contributed by atoms with E-state index in [1.807, 2.05) is 0 Å². The van der Waals surface area contributed by atoms with Crippen LogP contribution in [0.2, 0.25) is 0 Å². The molecular weight excluding hydrogens is 222 g/mol. The predicted octanol–water partition coefficient (Wildman–Crippen LogP) is 0.822. The molecule has 0 bridgehead atoms. The second-order valence-electron chi connectivity index (χ2n) is 3.60. The summed E-state index contributed by atoms with van der Waals surface area (Å²) in [5.41, 5.74) is -0.570. The molecule has 0 saturated heterocycles. The SMILES string of the molecule is CC1(N=C=O)C=C(N=C=O)C=CC1CN=C=O. The lowest BCUT2D eigenvalue weighted by atomic mass is 9.82. The molecule has 0 aromatic heterocycles. The van der Waals surface area contributed by atoms with Gasteiger partial charge in [0.15, 0.2) is 0 Å². The molecule has 0 amide bonds. The van der Waals surface area contributed by atoms with Crippen LogP contribution in [0.5, 0.6) is 0 Å². The fraction of sp³-hybridized carbons (Fsp3) is 0.364. The van der Waals surface area contributed by atoms with Crippen LogP contribution < -0.4 is 0 Å². The maximum absolute atomic E-state index is 10.4. The first kappa shape index (κ1) is 12.7. The second-order valence-corrected chi connectivity index (χ2v) is 3.60. The highest BCUT2D eigenvalue weighted by atomic mass is 16.1. The summed E-state index contributed by atoms with van der Waals surface area (Å²) in [5, 5.41) is 0. The molecule has 17 heavy (non-hydrogen) atoms. The summed E-state index contributed by atoms with van der Waals surface area (Å²) in [5.74, 6) is -0.281. The Morgan fingerprint density at radius 1 is 1.29 bits per heavy atom. The fourth-order valence-electron chi connectivity index (χ4n) is 1.58. The number of nitrogens with zero attached hydrogens (tertiary/aromatic N) is 3. The first-order chi connectivity index (χ1) is 8.16. The molecule has 0 heterocycles. The van der Waals surface area contributed by atoms with Gasteiger partial charge in [0.25, 0.3) is 0 Å². The van der Waals surface area contributed by atoms with Crippen molar-refractivity contribution in [3.05, 3.63) is 23.9 Å². The van der Waals surface area contributed by atoms with Crippen LogP contribution in [0.3, 0.4) is 0 Å². The average Bonchev–Trinajstić information content (AvgIpc) is 2.28. The van der Waals surface area contributed by atoms with Gasteiger partial charge in [-0.1, -0.05) is 6.08 Å². The molecule has 1 aliphatic carbocycles. The normalized spacial score (nSPS) is 25.9. The van der Waals surface area contributed by atoms with Crippen LogP contribution in [-0.2, 0) is 14.4 Å². The maximum atomic E-state index is 10.4. The Hall–Kier alpha value is -2.38. The zero-order chi connectivity index (χ0) is 12.7. The maximum Gasteiger partial charge on any atom is 0.240 e. The summed E-state index contributed by atoms with van der Waals surface area (Å²) in [6.07, 6.45) is 9.09. The topological polar surface area (TPSA) is 88.3 Å². The number of aliphatic imine (C=N–C) groups is 3. The molecule has 0 aromatic carbocycles. The molecule has 2 atom stereocenters. The molecule has 0 aromatic rings. The van der Waals surface area contributed by atoms with Gasteiger partial charge < -0.3 is 0 Å². The third-order valence-corrected chi connectivity index (χ3v) is 2.50. The molecule has 6 nitrogen and oxygen atoms in total. The summed E-state index contributed by atoms with van der Waals surface area (Å²) in [7, 11) is 0. The molecule has 86 valence electrons. The van der Waals surface area contributed by atoms with E-state index in [0.717, 1.165) is 0 Å². The molecule has 1 rings (SSSR count). The van der Waals surface area contributed by atoms with Crippen molar-refractivity contribution in [3.8, 4) is 0 Å². The van der Waals surface area contributed by atoms with Crippen molar-refractivity contribution in [2.24, 2.45) is 20.9 Å². The summed E-state index contributed by atoms with van der Waals surface area (Å²) < 4.78 is 0. The summed E-state index contributed by atoms with van der Waals surface area (Å²) in [6.45, 7) is 1.81. The first-order valence-corrected chi connectivity index (χ1v) is 4.78. The standard InChI is InChI=1S/C11H9N3O3/c1-11(14-8-17)4-10(13-7-16)3-2-9(11)5-12-6-15/h2-4,9H,5H2,1H3. The van der Waals surface area contributed by atoms with E-state index in [9.17, 15) is 14.4 Å². The van der Waals surface area contributed by atoms with Crippen LogP contribution in [0.15, 0.2) is 38.9 Å². The number of hydrogen-bond acceptors (Lipinski definition) is 6. The van der Waals surface area contributed by atoms with Crippen LogP contribution >= 0.6 is 0 Å². The lowest BCUT2D eigenvalue weighted by Crippen LogP contribution is -2.33. The first-order valence-electron chi connectivity index (χ1n) is 4.78. The van der Waals surface area contributed by atoms with Crippen molar-refractivity contribution in [2.45, 2.75) is 12.5 Å². The van der Waals surface area contributed by atoms with Gasteiger partial charge in [-0.2, -0.15) is 9.98 Å². The molecule has 0 spiro atoms. The van der Waals surface area contributed by atoms with Gasteiger partial charge in [0.2, 0.25) is 18.2 Å². The molecule has 0 saturated carbocycles. The van der Waals surface area contributed by atoms with Gasteiger partial charge in [-0.25, -0.2) is 19.4 Å². The Kier molecular flexibility index (Phi) is 4.21. The van der Waals surface area contributed by atoms with Crippen molar-refractivity contribution >= 4 is 18.2 Å². The zero-order valence-electron chi connectivity index (χ0n) is 9.08. The van der Waals surface area contributed by atoms with E-state index in [1.165, 1.54) is 24.3 Å². The van der Waals surface area contributed by atoms with Gasteiger partial charge in [0.05, 0.1) is 17.8 Å². The monoisotopic (exact) mass is 231 g/mol. The second kappa shape index (κ2) is 5.64. The van der Waals surface area contributed by atoms with Crippen LogP contribution in [0, 0.1) is 5.92 Å². The van der Waals surface area contributed by atoms with Crippen molar-refractivity contribution in [1.82, 2.24) is 0 Å². The van der Waals surface area contributed by atoms with Gasteiger partial charge in [-0.05, 0) is 19.1 Å². The lowest BCUT2D eigenvalue weighted by molar-refractivity contribution is 0.427. The van der Waals surface area contributed by atoms with Crippen LogP contribution in [0.25, 0.3) is 0 Å². The lowest BCUT2D eigenvalue weighted by Gasteiger charge is -2.29.